The summed E-state index contributed by atoms with van der Waals surface area (Å²) < 4.78 is 0. The van der Waals surface area contributed by atoms with Crippen LogP contribution in [-0.2, 0) is 0 Å². The Morgan fingerprint density at radius 1 is 0.833 bits per heavy atom. The first-order valence-corrected chi connectivity index (χ1v) is 12.0. The number of hydrogen-bond acceptors (Lipinski definition) is 0. The van der Waals surface area contributed by atoms with E-state index >= 15 is 0 Å². The van der Waals surface area contributed by atoms with Crippen molar-refractivity contribution in [3.05, 3.63) is 10.0 Å². The highest BCUT2D eigenvalue weighted by Crippen LogP contribution is 2.27. The average Bonchev–Trinajstić information content (AvgIpc) is 1.49. The third kappa shape index (κ3) is 3.41. The lowest BCUT2D eigenvalue weighted by Crippen LogP contribution is -2.41. The van der Waals surface area contributed by atoms with Crippen molar-refractivity contribution in [1.82, 2.24) is 0 Å². The predicted octanol–water partition coefficient (Wildman–Crippen LogP) is 3.18. The molecule has 0 N–H and O–H groups in total. The highest BCUT2D eigenvalue weighted by molar-refractivity contribution is 7.05. The molecule has 0 atom stereocenters. The molecule has 0 fully saturated rings. The number of hydrogen-bond donors (Lipinski definition) is 0. The summed E-state index contributed by atoms with van der Waals surface area (Å²) in [6.45, 7) is 16.8. The second-order valence-corrected chi connectivity index (χ2v) is 16.8. The van der Waals surface area contributed by atoms with Crippen molar-refractivity contribution in [2.24, 2.45) is 0 Å². The standard InChI is InChI=1S/C9H21Si3/c1-8(10)9(11(2,3)4)12(5,6)7/h1-7H3. The summed E-state index contributed by atoms with van der Waals surface area (Å²) in [7, 11) is 1.53. The van der Waals surface area contributed by atoms with Crippen LogP contribution >= 0.6 is 0 Å². The van der Waals surface area contributed by atoms with Gasteiger partial charge in [0.25, 0.3) is 0 Å². The van der Waals surface area contributed by atoms with E-state index in [1.165, 1.54) is 5.20 Å². The molecule has 0 rings (SSSR count). The fourth-order valence-electron chi connectivity index (χ4n) is 2.25. The molecule has 0 aromatic heterocycles. The van der Waals surface area contributed by atoms with Crippen molar-refractivity contribution in [2.45, 2.75) is 46.2 Å². The van der Waals surface area contributed by atoms with Crippen molar-refractivity contribution in [2.75, 3.05) is 0 Å². The van der Waals surface area contributed by atoms with Gasteiger partial charge in [0.1, 0.15) is 0 Å². The minimum atomic E-state index is -1.09. The quantitative estimate of drug-likeness (QED) is 0.618. The zero-order valence-electron chi connectivity index (χ0n) is 9.50. The molecule has 3 heteroatoms. The van der Waals surface area contributed by atoms with Crippen molar-refractivity contribution < 1.29 is 0 Å². The Balaban J connectivity index is 5.13. The van der Waals surface area contributed by atoms with Gasteiger partial charge in [-0.1, -0.05) is 49.3 Å². The third-order valence-corrected chi connectivity index (χ3v) is 10.9. The summed E-state index contributed by atoms with van der Waals surface area (Å²) in [5, 5.41) is 1.40. The number of allylic oxidation sites excluding steroid dienone is 1. The van der Waals surface area contributed by atoms with E-state index in [0.717, 1.165) is 0 Å². The molecule has 0 aliphatic rings. The van der Waals surface area contributed by atoms with Gasteiger partial charge in [-0.2, -0.15) is 0 Å². The first-order valence-electron chi connectivity index (χ1n) is 4.50. The van der Waals surface area contributed by atoms with Gasteiger partial charge in [-0.15, -0.1) is 0 Å². The van der Waals surface area contributed by atoms with E-state index in [1.54, 1.807) is 4.82 Å². The summed E-state index contributed by atoms with van der Waals surface area (Å²) in [6.07, 6.45) is 0. The molecular formula is C9H21Si3. The van der Waals surface area contributed by atoms with E-state index in [4.69, 9.17) is 0 Å². The topological polar surface area (TPSA) is 0 Å². The van der Waals surface area contributed by atoms with Crippen LogP contribution in [-0.4, -0.2) is 26.4 Å². The van der Waals surface area contributed by atoms with Gasteiger partial charge in [-0.25, -0.2) is 0 Å². The second-order valence-electron chi connectivity index (χ2n) is 5.50. The molecule has 12 heavy (non-hydrogen) atoms. The largest absolute Gasteiger partial charge is 0.0996 e. The normalized spacial score (nSPS) is 13.0. The fourth-order valence-corrected chi connectivity index (χ4v) is 15.8. The predicted molar refractivity (Wildman–Crippen MR) is 65.1 cm³/mol. The Labute approximate surface area is 82.9 Å². The Hall–Kier alpha value is 0.391. The smallest absolute Gasteiger partial charge is 0.0676 e. The summed E-state index contributed by atoms with van der Waals surface area (Å²) in [5.74, 6) is 0. The summed E-state index contributed by atoms with van der Waals surface area (Å²) in [6, 6.07) is 0. The van der Waals surface area contributed by atoms with Crippen LogP contribution in [0.4, 0.5) is 0 Å². The van der Waals surface area contributed by atoms with Gasteiger partial charge in [0.15, 0.2) is 0 Å². The average molecular weight is 214 g/mol. The van der Waals surface area contributed by atoms with Crippen LogP contribution in [0.15, 0.2) is 10.0 Å². The van der Waals surface area contributed by atoms with Crippen LogP contribution in [0.3, 0.4) is 0 Å². The maximum atomic E-state index is 3.71. The molecule has 0 saturated carbocycles. The molecule has 0 spiro atoms. The lowest BCUT2D eigenvalue weighted by molar-refractivity contribution is 1.55. The Morgan fingerprint density at radius 3 is 1.08 bits per heavy atom. The highest BCUT2D eigenvalue weighted by Gasteiger charge is 2.31. The molecule has 0 aliphatic carbocycles. The van der Waals surface area contributed by atoms with Gasteiger partial charge in [0, 0.05) is 0 Å². The molecule has 0 bridgehead atoms. The number of rotatable bonds is 2. The van der Waals surface area contributed by atoms with Crippen LogP contribution < -0.4 is 0 Å². The van der Waals surface area contributed by atoms with E-state index in [0.29, 0.717) is 0 Å². The molecule has 0 aromatic carbocycles. The van der Waals surface area contributed by atoms with Gasteiger partial charge in [-0.05, 0) is 6.92 Å². The van der Waals surface area contributed by atoms with Gasteiger partial charge in [0.05, 0.1) is 26.4 Å². The molecular weight excluding hydrogens is 192 g/mol. The van der Waals surface area contributed by atoms with Crippen LogP contribution in [0, 0.1) is 0 Å². The summed E-state index contributed by atoms with van der Waals surface area (Å²) >= 11 is 0. The van der Waals surface area contributed by atoms with E-state index < -0.39 is 16.1 Å². The fraction of sp³-hybridized carbons (Fsp3) is 0.778. The minimum absolute atomic E-state index is 1.09. The van der Waals surface area contributed by atoms with Gasteiger partial charge in [-0.3, -0.25) is 0 Å². The maximum absolute atomic E-state index is 3.71. The Bertz CT molecular complexity index is 171. The molecule has 0 aromatic rings. The molecule has 0 amide bonds. The molecule has 3 radical (unpaired) electrons. The van der Waals surface area contributed by atoms with Crippen LogP contribution in [0.1, 0.15) is 6.92 Å². The van der Waals surface area contributed by atoms with Crippen LogP contribution in [0.25, 0.3) is 0 Å². The molecule has 0 heterocycles. The Morgan fingerprint density at radius 2 is 1.08 bits per heavy atom. The van der Waals surface area contributed by atoms with Crippen molar-refractivity contribution in [1.29, 1.82) is 0 Å². The summed E-state index contributed by atoms with van der Waals surface area (Å²) in [4.78, 5) is 1.77. The van der Waals surface area contributed by atoms with Crippen molar-refractivity contribution in [3.63, 3.8) is 0 Å². The first-order chi connectivity index (χ1) is 5.07. The zero-order chi connectivity index (χ0) is 10.2. The molecule has 0 unspecified atom stereocenters. The van der Waals surface area contributed by atoms with Crippen LogP contribution in [0.5, 0.6) is 0 Å². The van der Waals surface area contributed by atoms with Crippen molar-refractivity contribution in [3.8, 4) is 0 Å². The second kappa shape index (κ2) is 3.64. The van der Waals surface area contributed by atoms with E-state index in [9.17, 15) is 0 Å². The zero-order valence-corrected chi connectivity index (χ0v) is 12.5. The molecule has 0 saturated heterocycles. The minimum Gasteiger partial charge on any atom is -0.0996 e. The monoisotopic (exact) mass is 213 g/mol. The van der Waals surface area contributed by atoms with Crippen LogP contribution in [0.2, 0.25) is 39.3 Å². The SMILES string of the molecule is CC([Si])=C([Si](C)(C)C)[Si](C)(C)C. The Kier molecular flexibility index (Phi) is 3.75. The van der Waals surface area contributed by atoms with E-state index in [1.807, 2.05) is 0 Å². The first kappa shape index (κ1) is 12.4. The van der Waals surface area contributed by atoms with Gasteiger partial charge < -0.3 is 0 Å². The third-order valence-electron chi connectivity index (χ3n) is 1.88. The molecule has 0 aliphatic heterocycles. The lowest BCUT2D eigenvalue weighted by atomic mass is 10.7. The van der Waals surface area contributed by atoms with E-state index in [2.05, 4.69) is 56.4 Å². The molecule has 69 valence electrons. The van der Waals surface area contributed by atoms with E-state index in [-0.39, 0.29) is 0 Å². The summed E-state index contributed by atoms with van der Waals surface area (Å²) in [5.41, 5.74) is 0. The van der Waals surface area contributed by atoms with Gasteiger partial charge in [0.2, 0.25) is 0 Å². The lowest BCUT2D eigenvalue weighted by Gasteiger charge is -2.33. The van der Waals surface area contributed by atoms with Crippen molar-refractivity contribution >= 4 is 26.4 Å². The maximum Gasteiger partial charge on any atom is 0.0676 e. The molecule has 0 nitrogen and oxygen atoms in total. The highest BCUT2D eigenvalue weighted by atomic mass is 28.4. The van der Waals surface area contributed by atoms with Gasteiger partial charge >= 0.3 is 0 Å².